The summed E-state index contributed by atoms with van der Waals surface area (Å²) in [5, 5.41) is 0. The topological polar surface area (TPSA) is 85.5 Å². The van der Waals surface area contributed by atoms with E-state index in [-0.39, 0.29) is 31.6 Å². The van der Waals surface area contributed by atoms with Crippen LogP contribution in [0.15, 0.2) is 17.1 Å². The van der Waals surface area contributed by atoms with Crippen molar-refractivity contribution in [3.63, 3.8) is 0 Å². The summed E-state index contributed by atoms with van der Waals surface area (Å²) < 4.78 is 10.1. The summed E-state index contributed by atoms with van der Waals surface area (Å²) in [6.07, 6.45) is 1.87. The summed E-state index contributed by atoms with van der Waals surface area (Å²) in [4.78, 5) is 38.3. The average Bonchev–Trinajstić information content (AvgIpc) is 2.79. The van der Waals surface area contributed by atoms with Crippen molar-refractivity contribution in [3.05, 3.63) is 33.7 Å². The van der Waals surface area contributed by atoms with Crippen molar-refractivity contribution in [2.75, 3.05) is 13.2 Å². The largest absolute Gasteiger partial charge is 0.465 e. The molecule has 0 unspecified atom stereocenters. The molecule has 1 aromatic rings. The molecule has 6 heteroatoms. The van der Waals surface area contributed by atoms with Gasteiger partial charge in [-0.05, 0) is 25.0 Å². The molecule has 20 heavy (non-hydrogen) atoms. The van der Waals surface area contributed by atoms with Gasteiger partial charge in [0.25, 0.3) is 0 Å². The van der Waals surface area contributed by atoms with Gasteiger partial charge < -0.3 is 14.5 Å². The third-order valence-corrected chi connectivity index (χ3v) is 3.42. The quantitative estimate of drug-likeness (QED) is 0.644. The Kier molecular flexibility index (Phi) is 3.92. The smallest absolute Gasteiger partial charge is 0.324 e. The van der Waals surface area contributed by atoms with Crippen LogP contribution in [0.2, 0.25) is 0 Å². The van der Waals surface area contributed by atoms with Crippen LogP contribution in [0, 0.1) is 5.41 Å². The first kappa shape index (κ1) is 14.3. The molecule has 1 aliphatic rings. The van der Waals surface area contributed by atoms with Gasteiger partial charge >= 0.3 is 11.9 Å². The van der Waals surface area contributed by atoms with Crippen LogP contribution < -0.4 is 5.56 Å². The van der Waals surface area contributed by atoms with Crippen LogP contribution in [-0.2, 0) is 31.9 Å². The predicted octanol–water partition coefficient (Wildman–Crippen LogP) is 0.586. The Bertz CT molecular complexity index is 571. The number of nitrogens with one attached hydrogen (secondary N) is 1. The Hall–Kier alpha value is -2.11. The highest BCUT2D eigenvalue weighted by Crippen LogP contribution is 2.38. The highest BCUT2D eigenvalue weighted by molar-refractivity contribution is 6.01. The number of ether oxygens (including phenoxy) is 2. The maximum absolute atomic E-state index is 12.2. The summed E-state index contributed by atoms with van der Waals surface area (Å²) in [6.45, 7) is 3.75. The first-order valence-corrected chi connectivity index (χ1v) is 6.58. The summed E-state index contributed by atoms with van der Waals surface area (Å²) in [5.41, 5.74) is -0.163. The molecule has 0 aromatic carbocycles. The standard InChI is InChI=1S/C14H17NO5/c1-3-19-12(17)14(13(18)20-4-2)6-9-5-11(16)15-8-10(9)7-14/h5,8H,3-4,6-7H2,1-2H3,(H,15,16). The van der Waals surface area contributed by atoms with Gasteiger partial charge in [-0.2, -0.15) is 0 Å². The molecule has 0 saturated carbocycles. The van der Waals surface area contributed by atoms with E-state index in [0.717, 1.165) is 5.56 Å². The van der Waals surface area contributed by atoms with Crippen LogP contribution >= 0.6 is 0 Å². The van der Waals surface area contributed by atoms with E-state index < -0.39 is 17.4 Å². The Morgan fingerprint density at radius 1 is 1.15 bits per heavy atom. The van der Waals surface area contributed by atoms with Crippen molar-refractivity contribution >= 4 is 11.9 Å². The summed E-state index contributed by atoms with van der Waals surface area (Å²) in [5.74, 6) is -1.19. The molecular formula is C14H17NO5. The first-order valence-electron chi connectivity index (χ1n) is 6.58. The van der Waals surface area contributed by atoms with E-state index in [1.807, 2.05) is 0 Å². The zero-order chi connectivity index (χ0) is 14.8. The van der Waals surface area contributed by atoms with Gasteiger partial charge in [0.15, 0.2) is 5.41 Å². The molecule has 1 heterocycles. The van der Waals surface area contributed by atoms with E-state index in [2.05, 4.69) is 4.98 Å². The maximum atomic E-state index is 12.2. The number of rotatable bonds is 4. The second-order valence-corrected chi connectivity index (χ2v) is 4.72. The van der Waals surface area contributed by atoms with Crippen LogP contribution in [0.25, 0.3) is 0 Å². The second-order valence-electron chi connectivity index (χ2n) is 4.72. The fourth-order valence-electron chi connectivity index (χ4n) is 2.50. The molecule has 1 aliphatic carbocycles. The molecule has 0 bridgehead atoms. The number of pyridine rings is 1. The number of hydrogen-bond acceptors (Lipinski definition) is 5. The number of carbonyl (C=O) groups excluding carboxylic acids is 2. The molecule has 0 aliphatic heterocycles. The summed E-state index contributed by atoms with van der Waals surface area (Å²) in [7, 11) is 0. The molecule has 0 amide bonds. The number of fused-ring (bicyclic) bond motifs is 1. The highest BCUT2D eigenvalue weighted by Gasteiger charge is 2.53. The molecule has 0 radical (unpaired) electrons. The van der Waals surface area contributed by atoms with E-state index in [1.165, 1.54) is 12.3 Å². The fourth-order valence-corrected chi connectivity index (χ4v) is 2.50. The molecule has 0 atom stereocenters. The number of carbonyl (C=O) groups is 2. The number of esters is 2. The average molecular weight is 279 g/mol. The third-order valence-electron chi connectivity index (χ3n) is 3.42. The van der Waals surface area contributed by atoms with Gasteiger partial charge in [0.2, 0.25) is 5.56 Å². The number of H-pyrrole nitrogens is 1. The van der Waals surface area contributed by atoms with Crippen LogP contribution in [-0.4, -0.2) is 30.1 Å². The minimum atomic E-state index is -1.37. The second kappa shape index (κ2) is 5.48. The van der Waals surface area contributed by atoms with Crippen molar-refractivity contribution in [1.82, 2.24) is 4.98 Å². The zero-order valence-corrected chi connectivity index (χ0v) is 11.5. The van der Waals surface area contributed by atoms with Crippen molar-refractivity contribution in [2.45, 2.75) is 26.7 Å². The van der Waals surface area contributed by atoms with E-state index in [1.54, 1.807) is 13.8 Å². The predicted molar refractivity (Wildman–Crippen MR) is 70.2 cm³/mol. The molecule has 2 rings (SSSR count). The molecule has 6 nitrogen and oxygen atoms in total. The molecule has 1 aromatic heterocycles. The van der Waals surface area contributed by atoms with Gasteiger partial charge in [-0.1, -0.05) is 0 Å². The normalized spacial score (nSPS) is 15.5. The van der Waals surface area contributed by atoms with Gasteiger partial charge in [-0.3, -0.25) is 14.4 Å². The number of hydrogen-bond donors (Lipinski definition) is 1. The number of aromatic nitrogens is 1. The Labute approximate surface area is 116 Å². The minimum absolute atomic E-state index is 0.143. The minimum Gasteiger partial charge on any atom is -0.465 e. The lowest BCUT2D eigenvalue weighted by atomic mass is 9.85. The maximum Gasteiger partial charge on any atom is 0.324 e. The first-order chi connectivity index (χ1) is 9.53. The van der Waals surface area contributed by atoms with Crippen molar-refractivity contribution in [2.24, 2.45) is 5.41 Å². The highest BCUT2D eigenvalue weighted by atomic mass is 16.6. The lowest BCUT2D eigenvalue weighted by Crippen LogP contribution is -2.43. The Morgan fingerprint density at radius 2 is 1.70 bits per heavy atom. The van der Waals surface area contributed by atoms with Gasteiger partial charge in [-0.15, -0.1) is 0 Å². The summed E-state index contributed by atoms with van der Waals surface area (Å²) in [6, 6.07) is 1.41. The van der Waals surface area contributed by atoms with Crippen LogP contribution in [0.1, 0.15) is 25.0 Å². The van der Waals surface area contributed by atoms with Crippen molar-refractivity contribution in [1.29, 1.82) is 0 Å². The van der Waals surface area contributed by atoms with Gasteiger partial charge in [0.05, 0.1) is 13.2 Å². The Morgan fingerprint density at radius 3 is 2.25 bits per heavy atom. The van der Waals surface area contributed by atoms with Crippen molar-refractivity contribution in [3.8, 4) is 0 Å². The van der Waals surface area contributed by atoms with E-state index in [0.29, 0.717) is 5.56 Å². The van der Waals surface area contributed by atoms with E-state index in [4.69, 9.17) is 9.47 Å². The molecule has 1 N–H and O–H groups in total. The molecule has 0 fully saturated rings. The van der Waals surface area contributed by atoms with E-state index >= 15 is 0 Å². The van der Waals surface area contributed by atoms with Gasteiger partial charge in [0.1, 0.15) is 0 Å². The molecule has 0 saturated heterocycles. The lowest BCUT2D eigenvalue weighted by Gasteiger charge is -2.23. The summed E-state index contributed by atoms with van der Waals surface area (Å²) >= 11 is 0. The lowest BCUT2D eigenvalue weighted by molar-refractivity contribution is -0.171. The van der Waals surface area contributed by atoms with Crippen molar-refractivity contribution < 1.29 is 19.1 Å². The van der Waals surface area contributed by atoms with Crippen LogP contribution in [0.4, 0.5) is 0 Å². The Balaban J connectivity index is 2.39. The van der Waals surface area contributed by atoms with Gasteiger partial charge in [0, 0.05) is 25.1 Å². The van der Waals surface area contributed by atoms with Crippen LogP contribution in [0.5, 0.6) is 0 Å². The third kappa shape index (κ3) is 2.33. The molecular weight excluding hydrogens is 262 g/mol. The SMILES string of the molecule is CCOC(=O)C1(C(=O)OCC)Cc2c[nH]c(=O)cc2C1. The van der Waals surface area contributed by atoms with Crippen LogP contribution in [0.3, 0.4) is 0 Å². The van der Waals surface area contributed by atoms with Gasteiger partial charge in [-0.25, -0.2) is 0 Å². The van der Waals surface area contributed by atoms with E-state index in [9.17, 15) is 14.4 Å². The number of aromatic amines is 1. The zero-order valence-electron chi connectivity index (χ0n) is 11.5. The molecule has 0 spiro atoms. The fraction of sp³-hybridized carbons (Fsp3) is 0.500. The molecule has 108 valence electrons. The monoisotopic (exact) mass is 279 g/mol.